The summed E-state index contributed by atoms with van der Waals surface area (Å²) in [7, 11) is 3.47. The van der Waals surface area contributed by atoms with E-state index in [1.807, 2.05) is 33.0 Å². The molecule has 1 saturated heterocycles. The smallest absolute Gasteiger partial charge is 0.408 e. The highest BCUT2D eigenvalue weighted by Crippen LogP contribution is 2.40. The number of hydrogen-bond acceptors (Lipinski definition) is 10. The Kier molecular flexibility index (Phi) is 12.2. The van der Waals surface area contributed by atoms with Crippen molar-refractivity contribution in [3.8, 4) is 11.4 Å². The Morgan fingerprint density at radius 3 is 2.67 bits per heavy atom. The number of carbonyl (C=O) groups is 3. The third-order valence-corrected chi connectivity index (χ3v) is 9.66. The summed E-state index contributed by atoms with van der Waals surface area (Å²) in [6.07, 6.45) is 4.13. The number of carbonyl (C=O) groups excluding carboxylic acids is 3. The van der Waals surface area contributed by atoms with Crippen LogP contribution in [0.4, 0.5) is 4.79 Å². The highest BCUT2D eigenvalue weighted by atomic mass is 16.6. The molecule has 0 radical (unpaired) electrons. The minimum atomic E-state index is -1.08. The summed E-state index contributed by atoms with van der Waals surface area (Å²) in [6, 6.07) is 4.38. The van der Waals surface area contributed by atoms with Crippen LogP contribution in [-0.2, 0) is 50.2 Å². The van der Waals surface area contributed by atoms with Crippen molar-refractivity contribution in [1.29, 1.82) is 0 Å². The monoisotopic (exact) mass is 744 g/mol. The Bertz CT molecular complexity index is 1970. The van der Waals surface area contributed by atoms with Gasteiger partial charge in [-0.3, -0.25) is 19.6 Å². The van der Waals surface area contributed by atoms with Gasteiger partial charge in [0.05, 0.1) is 24.1 Å². The van der Waals surface area contributed by atoms with E-state index < -0.39 is 41.1 Å². The molecule has 6 bridgehead atoms. The van der Waals surface area contributed by atoms with Crippen molar-refractivity contribution < 1.29 is 28.6 Å². The van der Waals surface area contributed by atoms with Crippen molar-refractivity contribution in [1.82, 2.24) is 35.1 Å². The average Bonchev–Trinajstić information content (AvgIpc) is 3.63. The van der Waals surface area contributed by atoms with Crippen molar-refractivity contribution in [2.45, 2.75) is 111 Å². The van der Waals surface area contributed by atoms with Gasteiger partial charge in [0, 0.05) is 67.3 Å². The number of nitrogens with one attached hydrogen (secondary N) is 2. The molecule has 2 amide bonds. The van der Waals surface area contributed by atoms with Crippen LogP contribution < -0.4 is 10.7 Å². The summed E-state index contributed by atoms with van der Waals surface area (Å²) < 4.78 is 21.3. The molecule has 14 heteroatoms. The number of aromatic nitrogens is 4. The molecule has 54 heavy (non-hydrogen) atoms. The van der Waals surface area contributed by atoms with E-state index in [1.165, 1.54) is 5.01 Å². The molecule has 2 aliphatic rings. The lowest BCUT2D eigenvalue weighted by Crippen LogP contribution is -2.60. The van der Waals surface area contributed by atoms with E-state index in [-0.39, 0.29) is 19.1 Å². The van der Waals surface area contributed by atoms with Gasteiger partial charge in [0.15, 0.2) is 11.6 Å². The standard InChI is InChI=1S/C40H56N8O6/c1-12-26(33(41-13-2)24(4)52-11)34-28-22-40(8,9)23-53-37(50)29-16-15-19-48(44-29)36(49)30(42-38(51)54-39(5,6)7)21-32-43-35(46(10)45-32)25-17-18-31(27(28)20-25)47(34)14-3/h12-13,17-18,20,24,29-30,44H,1,14-16,19,21-23H2,2-11H3,(H,42,51)/b33-26+,41-13?/t24-,29-,30-/m0/s1. The minimum absolute atomic E-state index is 0.0108. The molecule has 14 nitrogen and oxygen atoms in total. The SMILES string of the molecule is C=C/C(=C(\N=CC)[C@H](C)OC)c1c2c3cc(ccc3n1CC)-c1nc(nn1C)C[C@H](NC(=O)OC(C)(C)C)C(=O)N1CCC[C@H](N1)C(=O)OCC(C)(C)C2. The van der Waals surface area contributed by atoms with Gasteiger partial charge >= 0.3 is 12.1 Å². The summed E-state index contributed by atoms with van der Waals surface area (Å²) in [5.74, 6) is 0.0695. The van der Waals surface area contributed by atoms with Gasteiger partial charge in [0.1, 0.15) is 17.7 Å². The van der Waals surface area contributed by atoms with E-state index >= 15 is 0 Å². The third kappa shape index (κ3) is 8.76. The second-order valence-electron chi connectivity index (χ2n) is 15.7. The average molecular weight is 745 g/mol. The fourth-order valence-corrected chi connectivity index (χ4v) is 7.15. The minimum Gasteiger partial charge on any atom is -0.464 e. The number of esters is 1. The fourth-order valence-electron chi connectivity index (χ4n) is 7.15. The normalized spacial score (nSPS) is 20.7. The van der Waals surface area contributed by atoms with Gasteiger partial charge in [0.25, 0.3) is 5.91 Å². The number of ether oxygens (including phenoxy) is 3. The summed E-state index contributed by atoms with van der Waals surface area (Å²) >= 11 is 0. The van der Waals surface area contributed by atoms with E-state index in [2.05, 4.69) is 54.8 Å². The Balaban J connectivity index is 1.73. The summed E-state index contributed by atoms with van der Waals surface area (Å²) in [5, 5.41) is 9.82. The molecule has 3 atom stereocenters. The molecular formula is C40H56N8O6. The lowest BCUT2D eigenvalue weighted by atomic mass is 9.84. The predicted octanol–water partition coefficient (Wildman–Crippen LogP) is 5.54. The van der Waals surface area contributed by atoms with Crippen LogP contribution in [0.2, 0.25) is 0 Å². The number of nitrogens with zero attached hydrogens (tertiary/aromatic N) is 6. The van der Waals surface area contributed by atoms with Crippen LogP contribution in [0, 0.1) is 5.41 Å². The number of methoxy groups -OCH3 is 1. The zero-order valence-electron chi connectivity index (χ0n) is 33.4. The predicted molar refractivity (Wildman–Crippen MR) is 209 cm³/mol. The zero-order valence-corrected chi connectivity index (χ0v) is 33.4. The van der Waals surface area contributed by atoms with Gasteiger partial charge in [0.2, 0.25) is 0 Å². The quantitative estimate of drug-likeness (QED) is 0.181. The lowest BCUT2D eigenvalue weighted by molar-refractivity contribution is -0.155. The Morgan fingerprint density at radius 2 is 2.02 bits per heavy atom. The van der Waals surface area contributed by atoms with Crippen LogP contribution in [0.15, 0.2) is 41.5 Å². The molecule has 292 valence electrons. The van der Waals surface area contributed by atoms with Crippen LogP contribution in [-0.4, -0.2) is 92.6 Å². The van der Waals surface area contributed by atoms with Crippen LogP contribution >= 0.6 is 0 Å². The number of cyclic esters (lactones) is 1. The van der Waals surface area contributed by atoms with Crippen molar-refractivity contribution in [2.75, 3.05) is 20.3 Å². The van der Waals surface area contributed by atoms with Crippen LogP contribution in [0.5, 0.6) is 0 Å². The topological polar surface area (TPSA) is 154 Å². The molecule has 4 heterocycles. The summed E-state index contributed by atoms with van der Waals surface area (Å²) in [4.78, 5) is 50.4. The maximum absolute atomic E-state index is 14.0. The van der Waals surface area contributed by atoms with Crippen LogP contribution in [0.3, 0.4) is 0 Å². The number of hydrazine groups is 1. The lowest BCUT2D eigenvalue weighted by Gasteiger charge is -2.35. The number of fused-ring (bicyclic) bond motifs is 6. The molecule has 5 rings (SSSR count). The molecule has 0 saturated carbocycles. The second kappa shape index (κ2) is 16.3. The third-order valence-electron chi connectivity index (χ3n) is 9.66. The van der Waals surface area contributed by atoms with Crippen LogP contribution in [0.1, 0.15) is 85.3 Å². The number of aliphatic imine (C=N–C) groups is 1. The Morgan fingerprint density at radius 1 is 1.28 bits per heavy atom. The Labute approximate surface area is 318 Å². The van der Waals surface area contributed by atoms with E-state index in [1.54, 1.807) is 38.8 Å². The highest BCUT2D eigenvalue weighted by Gasteiger charge is 2.36. The van der Waals surface area contributed by atoms with Crippen molar-refractivity contribution >= 4 is 40.7 Å². The molecule has 2 aliphatic heterocycles. The number of benzene rings is 1. The molecule has 2 aromatic heterocycles. The molecule has 3 aromatic rings. The number of alkyl carbamates (subject to hydrolysis) is 1. The largest absolute Gasteiger partial charge is 0.464 e. The number of aryl methyl sites for hydroxylation is 2. The van der Waals surface area contributed by atoms with Gasteiger partial charge in [-0.05, 0) is 84.6 Å². The maximum Gasteiger partial charge on any atom is 0.408 e. The number of amides is 2. The fraction of sp³-hybridized carbons (Fsp3) is 0.550. The molecule has 2 N–H and O–H groups in total. The first-order valence-corrected chi connectivity index (χ1v) is 18.7. The first kappa shape index (κ1) is 40.4. The zero-order chi connectivity index (χ0) is 39.5. The number of hydrogen-bond donors (Lipinski definition) is 2. The molecular weight excluding hydrogens is 688 g/mol. The molecule has 1 aromatic carbocycles. The first-order chi connectivity index (χ1) is 25.5. The van der Waals surface area contributed by atoms with Gasteiger partial charge in [-0.2, -0.15) is 5.10 Å². The maximum atomic E-state index is 14.0. The van der Waals surface area contributed by atoms with Gasteiger partial charge in [-0.15, -0.1) is 0 Å². The van der Waals surface area contributed by atoms with Crippen molar-refractivity contribution in [3.63, 3.8) is 0 Å². The highest BCUT2D eigenvalue weighted by molar-refractivity contribution is 5.95. The van der Waals surface area contributed by atoms with Gasteiger partial charge < -0.3 is 24.1 Å². The van der Waals surface area contributed by atoms with E-state index in [4.69, 9.17) is 29.3 Å². The summed E-state index contributed by atoms with van der Waals surface area (Å²) in [5.41, 5.74) is 7.23. The number of rotatable bonds is 7. The molecule has 0 unspecified atom stereocenters. The Hall–Kier alpha value is -4.82. The first-order valence-electron chi connectivity index (χ1n) is 18.7. The molecule has 0 spiro atoms. The summed E-state index contributed by atoms with van der Waals surface area (Å²) in [6.45, 7) is 20.7. The molecule has 1 fully saturated rings. The van der Waals surface area contributed by atoms with E-state index in [9.17, 15) is 14.4 Å². The van der Waals surface area contributed by atoms with Gasteiger partial charge in [-0.1, -0.05) is 26.5 Å². The van der Waals surface area contributed by atoms with Crippen molar-refractivity contribution in [2.24, 2.45) is 17.5 Å². The van der Waals surface area contributed by atoms with Gasteiger partial charge in [-0.25, -0.2) is 19.9 Å². The molecule has 0 aliphatic carbocycles. The van der Waals surface area contributed by atoms with Crippen molar-refractivity contribution in [3.05, 3.63) is 53.6 Å². The second-order valence-corrected chi connectivity index (χ2v) is 15.7. The number of allylic oxidation sites excluding steroid dienone is 2. The van der Waals surface area contributed by atoms with E-state index in [0.717, 1.165) is 39.0 Å². The van der Waals surface area contributed by atoms with Crippen LogP contribution in [0.25, 0.3) is 27.9 Å². The van der Waals surface area contributed by atoms with E-state index in [0.29, 0.717) is 44.0 Å².